The van der Waals surface area contributed by atoms with Gasteiger partial charge >= 0.3 is 0 Å². The summed E-state index contributed by atoms with van der Waals surface area (Å²) >= 11 is 9.47. The third-order valence-electron chi connectivity index (χ3n) is 4.24. The van der Waals surface area contributed by atoms with Crippen molar-refractivity contribution in [3.8, 4) is 0 Å². The van der Waals surface area contributed by atoms with Crippen molar-refractivity contribution in [2.24, 2.45) is 0 Å². The molecule has 2 N–H and O–H groups in total. The highest BCUT2D eigenvalue weighted by molar-refractivity contribution is 9.10. The summed E-state index contributed by atoms with van der Waals surface area (Å²) in [5.74, 6) is -0.657. The van der Waals surface area contributed by atoms with Crippen molar-refractivity contribution in [1.29, 1.82) is 0 Å². The Bertz CT molecular complexity index is 1010. The normalized spacial score (nSPS) is 11.5. The third kappa shape index (κ3) is 4.80. The van der Waals surface area contributed by atoms with E-state index < -0.39 is 0 Å². The summed E-state index contributed by atoms with van der Waals surface area (Å²) in [4.78, 5) is 25.4. The predicted octanol–water partition coefficient (Wildman–Crippen LogP) is 5.85. The zero-order valence-corrected chi connectivity index (χ0v) is 17.4. The van der Waals surface area contributed by atoms with Crippen molar-refractivity contribution in [3.05, 3.63) is 99.0 Å². The van der Waals surface area contributed by atoms with Crippen molar-refractivity contribution >= 4 is 45.0 Å². The molecule has 142 valence electrons. The first kappa shape index (κ1) is 20.1. The second-order valence-electron chi connectivity index (χ2n) is 6.23. The zero-order valence-electron chi connectivity index (χ0n) is 15.1. The average Bonchev–Trinajstić information content (AvgIpc) is 2.70. The van der Waals surface area contributed by atoms with Gasteiger partial charge < -0.3 is 10.6 Å². The molecule has 0 aliphatic heterocycles. The molecule has 28 heavy (non-hydrogen) atoms. The SMILES string of the molecule is C[C@@H](NC(=O)c1ccccc1NC(=O)c1cc(Br)ccc1Cl)c1ccccc1. The Morgan fingerprint density at radius 3 is 2.32 bits per heavy atom. The molecule has 0 aliphatic rings. The van der Waals surface area contributed by atoms with Gasteiger partial charge in [-0.05, 0) is 42.8 Å². The van der Waals surface area contributed by atoms with Crippen LogP contribution in [0.1, 0.15) is 39.2 Å². The average molecular weight is 458 g/mol. The van der Waals surface area contributed by atoms with E-state index in [9.17, 15) is 9.59 Å². The summed E-state index contributed by atoms with van der Waals surface area (Å²) in [6, 6.07) is 21.4. The minimum atomic E-state index is -0.386. The van der Waals surface area contributed by atoms with Crippen LogP contribution in [0.2, 0.25) is 5.02 Å². The van der Waals surface area contributed by atoms with E-state index in [4.69, 9.17) is 11.6 Å². The summed E-state index contributed by atoms with van der Waals surface area (Å²) in [7, 11) is 0. The van der Waals surface area contributed by atoms with Crippen LogP contribution >= 0.6 is 27.5 Å². The number of benzene rings is 3. The topological polar surface area (TPSA) is 58.2 Å². The van der Waals surface area contributed by atoms with E-state index in [-0.39, 0.29) is 17.9 Å². The van der Waals surface area contributed by atoms with Crippen molar-refractivity contribution in [2.75, 3.05) is 5.32 Å². The largest absolute Gasteiger partial charge is 0.345 e. The summed E-state index contributed by atoms with van der Waals surface area (Å²) in [5, 5.41) is 6.08. The first-order chi connectivity index (χ1) is 13.5. The number of para-hydroxylation sites is 1. The molecule has 4 nitrogen and oxygen atoms in total. The van der Waals surface area contributed by atoms with E-state index >= 15 is 0 Å². The third-order valence-corrected chi connectivity index (χ3v) is 5.06. The van der Waals surface area contributed by atoms with Gasteiger partial charge in [-0.2, -0.15) is 0 Å². The van der Waals surface area contributed by atoms with E-state index in [1.54, 1.807) is 42.5 Å². The highest BCUT2D eigenvalue weighted by Gasteiger charge is 2.17. The molecule has 0 spiro atoms. The maximum Gasteiger partial charge on any atom is 0.257 e. The number of carbonyl (C=O) groups excluding carboxylic acids is 2. The van der Waals surface area contributed by atoms with Crippen LogP contribution in [-0.2, 0) is 0 Å². The fraction of sp³-hybridized carbons (Fsp3) is 0.0909. The van der Waals surface area contributed by atoms with Crippen molar-refractivity contribution in [2.45, 2.75) is 13.0 Å². The summed E-state index contributed by atoms with van der Waals surface area (Å²) < 4.78 is 0.741. The van der Waals surface area contributed by atoms with Gasteiger partial charge in [-0.15, -0.1) is 0 Å². The molecule has 3 aromatic rings. The molecule has 2 amide bonds. The second kappa shape index (κ2) is 9.04. The Morgan fingerprint density at radius 1 is 0.893 bits per heavy atom. The molecule has 0 fully saturated rings. The summed E-state index contributed by atoms with van der Waals surface area (Å²) in [5.41, 5.74) is 2.12. The monoisotopic (exact) mass is 456 g/mol. The maximum absolute atomic E-state index is 12.8. The van der Waals surface area contributed by atoms with Crippen LogP contribution in [0.3, 0.4) is 0 Å². The number of carbonyl (C=O) groups is 2. The number of hydrogen-bond donors (Lipinski definition) is 2. The molecule has 0 saturated carbocycles. The van der Waals surface area contributed by atoms with Gasteiger partial charge in [0.15, 0.2) is 0 Å². The standard InChI is InChI=1S/C22H18BrClN2O2/c1-14(15-7-3-2-4-8-15)25-21(27)17-9-5-6-10-20(17)26-22(28)18-13-16(23)11-12-19(18)24/h2-14H,1H3,(H,25,27)(H,26,28)/t14-/m1/s1. The number of nitrogens with one attached hydrogen (secondary N) is 2. The number of rotatable bonds is 5. The fourth-order valence-corrected chi connectivity index (χ4v) is 3.32. The fourth-order valence-electron chi connectivity index (χ4n) is 2.75. The summed E-state index contributed by atoms with van der Waals surface area (Å²) in [6.07, 6.45) is 0. The van der Waals surface area contributed by atoms with Crippen LogP contribution in [0.15, 0.2) is 77.3 Å². The Morgan fingerprint density at radius 2 is 1.57 bits per heavy atom. The van der Waals surface area contributed by atoms with Gasteiger partial charge in [0.25, 0.3) is 11.8 Å². The van der Waals surface area contributed by atoms with Gasteiger partial charge in [0.05, 0.1) is 27.9 Å². The molecule has 0 radical (unpaired) electrons. The van der Waals surface area contributed by atoms with Crippen molar-refractivity contribution in [1.82, 2.24) is 5.32 Å². The van der Waals surface area contributed by atoms with Gasteiger partial charge in [-0.3, -0.25) is 9.59 Å². The van der Waals surface area contributed by atoms with Crippen molar-refractivity contribution in [3.63, 3.8) is 0 Å². The molecule has 0 heterocycles. The highest BCUT2D eigenvalue weighted by Crippen LogP contribution is 2.24. The van der Waals surface area contributed by atoms with Crippen LogP contribution in [-0.4, -0.2) is 11.8 Å². The maximum atomic E-state index is 12.8. The van der Waals surface area contributed by atoms with Crippen LogP contribution in [0, 0.1) is 0 Å². The minimum absolute atomic E-state index is 0.169. The number of amides is 2. The Balaban J connectivity index is 1.80. The van der Waals surface area contributed by atoms with Gasteiger partial charge in [0.2, 0.25) is 0 Å². The van der Waals surface area contributed by atoms with Crippen LogP contribution in [0.5, 0.6) is 0 Å². The van der Waals surface area contributed by atoms with Crippen LogP contribution in [0.4, 0.5) is 5.69 Å². The predicted molar refractivity (Wildman–Crippen MR) is 116 cm³/mol. The lowest BCUT2D eigenvalue weighted by Crippen LogP contribution is -2.28. The molecule has 3 rings (SSSR count). The Labute approximate surface area is 177 Å². The second-order valence-corrected chi connectivity index (χ2v) is 7.55. The van der Waals surface area contributed by atoms with E-state index in [2.05, 4.69) is 26.6 Å². The lowest BCUT2D eigenvalue weighted by Gasteiger charge is -2.16. The van der Waals surface area contributed by atoms with Crippen LogP contribution < -0.4 is 10.6 Å². The molecule has 0 aliphatic carbocycles. The van der Waals surface area contributed by atoms with E-state index in [0.717, 1.165) is 10.0 Å². The molecule has 0 bridgehead atoms. The quantitative estimate of drug-likeness (QED) is 0.505. The zero-order chi connectivity index (χ0) is 20.1. The number of halogens is 2. The van der Waals surface area contributed by atoms with E-state index in [0.29, 0.717) is 21.8 Å². The molecule has 6 heteroatoms. The molecular formula is C22H18BrClN2O2. The number of hydrogen-bond acceptors (Lipinski definition) is 2. The lowest BCUT2D eigenvalue weighted by molar-refractivity contribution is 0.0941. The molecular weight excluding hydrogens is 440 g/mol. The van der Waals surface area contributed by atoms with E-state index in [1.165, 1.54) is 0 Å². The lowest BCUT2D eigenvalue weighted by atomic mass is 10.1. The molecule has 3 aromatic carbocycles. The molecule has 0 unspecified atom stereocenters. The van der Waals surface area contributed by atoms with Gasteiger partial charge in [-0.25, -0.2) is 0 Å². The van der Waals surface area contributed by atoms with Gasteiger partial charge in [0.1, 0.15) is 0 Å². The Kier molecular flexibility index (Phi) is 6.49. The highest BCUT2D eigenvalue weighted by atomic mass is 79.9. The number of anilines is 1. The van der Waals surface area contributed by atoms with Gasteiger partial charge in [0, 0.05) is 4.47 Å². The Hall–Kier alpha value is -2.63. The summed E-state index contributed by atoms with van der Waals surface area (Å²) in [6.45, 7) is 1.91. The molecule has 0 saturated heterocycles. The molecule has 0 aromatic heterocycles. The van der Waals surface area contributed by atoms with Crippen molar-refractivity contribution < 1.29 is 9.59 Å². The molecule has 1 atom stereocenters. The smallest absolute Gasteiger partial charge is 0.257 e. The first-order valence-corrected chi connectivity index (χ1v) is 9.84. The van der Waals surface area contributed by atoms with E-state index in [1.807, 2.05) is 37.3 Å². The minimum Gasteiger partial charge on any atom is -0.345 e. The van der Waals surface area contributed by atoms with Crippen LogP contribution in [0.25, 0.3) is 0 Å². The van der Waals surface area contributed by atoms with Gasteiger partial charge in [-0.1, -0.05) is 70.0 Å². The first-order valence-electron chi connectivity index (χ1n) is 8.67.